The predicted molar refractivity (Wildman–Crippen MR) is 95.3 cm³/mol. The summed E-state index contributed by atoms with van der Waals surface area (Å²) >= 11 is 0. The second-order valence-corrected chi connectivity index (χ2v) is 5.58. The number of ether oxygens (including phenoxy) is 1. The molecule has 0 spiro atoms. The van der Waals surface area contributed by atoms with Crippen LogP contribution in [0.25, 0.3) is 0 Å². The van der Waals surface area contributed by atoms with Crippen molar-refractivity contribution in [1.29, 1.82) is 0 Å². The minimum Gasteiger partial charge on any atom is -0.481 e. The summed E-state index contributed by atoms with van der Waals surface area (Å²) in [7, 11) is 0. The summed E-state index contributed by atoms with van der Waals surface area (Å²) in [5.74, 6) is 0.288. The van der Waals surface area contributed by atoms with Crippen LogP contribution in [-0.2, 0) is 9.59 Å². The molecule has 0 bridgehead atoms. The fourth-order valence-electron chi connectivity index (χ4n) is 2.28. The molecule has 2 N–H and O–H groups in total. The molecule has 0 unspecified atom stereocenters. The van der Waals surface area contributed by atoms with Gasteiger partial charge in [-0.15, -0.1) is 0 Å². The van der Waals surface area contributed by atoms with Crippen molar-refractivity contribution in [1.82, 2.24) is 0 Å². The highest BCUT2D eigenvalue weighted by molar-refractivity contribution is 5.95. The Morgan fingerprint density at radius 2 is 1.71 bits per heavy atom. The van der Waals surface area contributed by atoms with E-state index < -0.39 is 6.10 Å². The average Bonchev–Trinajstić information content (AvgIpc) is 2.52. The molecule has 0 aliphatic carbocycles. The van der Waals surface area contributed by atoms with Gasteiger partial charge in [-0.05, 0) is 49.2 Å². The van der Waals surface area contributed by atoms with Crippen LogP contribution in [0.3, 0.4) is 0 Å². The number of anilines is 2. The van der Waals surface area contributed by atoms with Gasteiger partial charge in [0, 0.05) is 18.3 Å². The monoisotopic (exact) mass is 326 g/mol. The summed E-state index contributed by atoms with van der Waals surface area (Å²) in [5, 5.41) is 5.51. The van der Waals surface area contributed by atoms with Crippen molar-refractivity contribution >= 4 is 23.2 Å². The minimum atomic E-state index is -0.587. The van der Waals surface area contributed by atoms with E-state index in [9.17, 15) is 9.59 Å². The van der Waals surface area contributed by atoms with Crippen molar-refractivity contribution in [2.45, 2.75) is 33.3 Å². The molecule has 24 heavy (non-hydrogen) atoms. The van der Waals surface area contributed by atoms with E-state index in [0.717, 1.165) is 5.56 Å². The third-order valence-corrected chi connectivity index (χ3v) is 3.38. The first-order chi connectivity index (χ1) is 11.5. The molecule has 2 amide bonds. The number of aryl methyl sites for hydroxylation is 1. The topological polar surface area (TPSA) is 67.4 Å². The zero-order chi connectivity index (χ0) is 17.5. The van der Waals surface area contributed by atoms with E-state index in [2.05, 4.69) is 10.6 Å². The normalized spacial score (nSPS) is 11.5. The standard InChI is InChI=1S/C19H22N2O3/c1-4-18(24-17-10-5-7-13(2)11-17)19(23)21-16-9-6-8-15(12-16)20-14(3)22/h5-12,18H,4H2,1-3H3,(H,20,22)(H,21,23)/t18-/m1/s1. The lowest BCUT2D eigenvalue weighted by atomic mass is 10.2. The number of rotatable bonds is 6. The summed E-state index contributed by atoms with van der Waals surface area (Å²) in [6.45, 7) is 5.31. The zero-order valence-electron chi connectivity index (χ0n) is 14.1. The highest BCUT2D eigenvalue weighted by Crippen LogP contribution is 2.18. The van der Waals surface area contributed by atoms with Gasteiger partial charge in [0.05, 0.1) is 0 Å². The van der Waals surface area contributed by atoms with Crippen molar-refractivity contribution in [3.63, 3.8) is 0 Å². The maximum atomic E-state index is 12.4. The maximum absolute atomic E-state index is 12.4. The molecular formula is C19H22N2O3. The first-order valence-electron chi connectivity index (χ1n) is 7.89. The number of hydrogen-bond acceptors (Lipinski definition) is 3. The quantitative estimate of drug-likeness (QED) is 0.849. The highest BCUT2D eigenvalue weighted by atomic mass is 16.5. The summed E-state index contributed by atoms with van der Waals surface area (Å²) < 4.78 is 5.79. The fraction of sp³-hybridized carbons (Fsp3) is 0.263. The molecule has 0 saturated heterocycles. The molecular weight excluding hydrogens is 304 g/mol. The van der Waals surface area contributed by atoms with Gasteiger partial charge >= 0.3 is 0 Å². The molecule has 0 fully saturated rings. The Morgan fingerprint density at radius 3 is 2.33 bits per heavy atom. The fourth-order valence-corrected chi connectivity index (χ4v) is 2.28. The van der Waals surface area contributed by atoms with Crippen molar-refractivity contribution in [3.8, 4) is 5.75 Å². The SMILES string of the molecule is CC[C@@H](Oc1cccc(C)c1)C(=O)Nc1cccc(NC(C)=O)c1. The summed E-state index contributed by atoms with van der Waals surface area (Å²) in [6, 6.07) is 14.6. The van der Waals surface area contributed by atoms with Crippen LogP contribution in [0.2, 0.25) is 0 Å². The van der Waals surface area contributed by atoms with Gasteiger partial charge in [-0.2, -0.15) is 0 Å². The van der Waals surface area contributed by atoms with Gasteiger partial charge in [-0.1, -0.05) is 25.1 Å². The van der Waals surface area contributed by atoms with Gasteiger partial charge in [0.15, 0.2) is 6.10 Å². The van der Waals surface area contributed by atoms with E-state index in [0.29, 0.717) is 23.5 Å². The average molecular weight is 326 g/mol. The predicted octanol–water partition coefficient (Wildman–Crippen LogP) is 3.75. The Kier molecular flexibility index (Phi) is 5.95. The number of nitrogens with one attached hydrogen (secondary N) is 2. The maximum Gasteiger partial charge on any atom is 0.265 e. The Labute approximate surface area is 142 Å². The van der Waals surface area contributed by atoms with Gasteiger partial charge in [-0.25, -0.2) is 0 Å². The molecule has 5 nitrogen and oxygen atoms in total. The molecule has 2 rings (SSSR count). The van der Waals surface area contributed by atoms with Crippen LogP contribution in [0, 0.1) is 6.92 Å². The third-order valence-electron chi connectivity index (χ3n) is 3.38. The Bertz CT molecular complexity index is 728. The summed E-state index contributed by atoms with van der Waals surface area (Å²) in [4.78, 5) is 23.6. The number of carbonyl (C=O) groups excluding carboxylic acids is 2. The molecule has 0 radical (unpaired) electrons. The minimum absolute atomic E-state index is 0.160. The lowest BCUT2D eigenvalue weighted by Crippen LogP contribution is -2.32. The van der Waals surface area contributed by atoms with Crippen molar-refractivity contribution < 1.29 is 14.3 Å². The van der Waals surface area contributed by atoms with Crippen LogP contribution in [0.15, 0.2) is 48.5 Å². The molecule has 0 aliphatic heterocycles. The van der Waals surface area contributed by atoms with Crippen LogP contribution < -0.4 is 15.4 Å². The molecule has 5 heteroatoms. The Balaban J connectivity index is 2.05. The van der Waals surface area contributed by atoms with E-state index in [4.69, 9.17) is 4.74 Å². The second kappa shape index (κ2) is 8.15. The van der Waals surface area contributed by atoms with Crippen molar-refractivity contribution in [3.05, 3.63) is 54.1 Å². The number of benzene rings is 2. The van der Waals surface area contributed by atoms with Gasteiger partial charge in [0.25, 0.3) is 5.91 Å². The second-order valence-electron chi connectivity index (χ2n) is 5.58. The lowest BCUT2D eigenvalue weighted by molar-refractivity contribution is -0.122. The molecule has 2 aromatic carbocycles. The van der Waals surface area contributed by atoms with E-state index in [1.807, 2.05) is 38.1 Å². The van der Waals surface area contributed by atoms with E-state index >= 15 is 0 Å². The van der Waals surface area contributed by atoms with Crippen LogP contribution in [-0.4, -0.2) is 17.9 Å². The van der Waals surface area contributed by atoms with Crippen LogP contribution >= 0.6 is 0 Å². The van der Waals surface area contributed by atoms with Crippen molar-refractivity contribution in [2.24, 2.45) is 0 Å². The molecule has 1 atom stereocenters. The largest absolute Gasteiger partial charge is 0.481 e. The number of amides is 2. The summed E-state index contributed by atoms with van der Waals surface area (Å²) in [5.41, 5.74) is 2.32. The number of hydrogen-bond donors (Lipinski definition) is 2. The lowest BCUT2D eigenvalue weighted by Gasteiger charge is -2.18. The van der Waals surface area contributed by atoms with E-state index in [1.54, 1.807) is 24.3 Å². The molecule has 0 heterocycles. The number of carbonyl (C=O) groups is 2. The van der Waals surface area contributed by atoms with Gasteiger partial charge in [-0.3, -0.25) is 9.59 Å². The van der Waals surface area contributed by atoms with E-state index in [1.165, 1.54) is 6.92 Å². The van der Waals surface area contributed by atoms with E-state index in [-0.39, 0.29) is 11.8 Å². The molecule has 0 saturated carbocycles. The smallest absolute Gasteiger partial charge is 0.265 e. The van der Waals surface area contributed by atoms with Crippen LogP contribution in [0.5, 0.6) is 5.75 Å². The molecule has 126 valence electrons. The molecule has 0 aliphatic rings. The first kappa shape index (κ1) is 17.5. The molecule has 0 aromatic heterocycles. The Hall–Kier alpha value is -2.82. The third kappa shape index (κ3) is 5.12. The van der Waals surface area contributed by atoms with Crippen molar-refractivity contribution in [2.75, 3.05) is 10.6 Å². The van der Waals surface area contributed by atoms with Gasteiger partial charge in [0.2, 0.25) is 5.91 Å². The van der Waals surface area contributed by atoms with Gasteiger partial charge < -0.3 is 15.4 Å². The Morgan fingerprint density at radius 1 is 1.04 bits per heavy atom. The highest BCUT2D eigenvalue weighted by Gasteiger charge is 2.18. The van der Waals surface area contributed by atoms with Crippen LogP contribution in [0.1, 0.15) is 25.8 Å². The molecule has 2 aromatic rings. The zero-order valence-corrected chi connectivity index (χ0v) is 14.1. The van der Waals surface area contributed by atoms with Gasteiger partial charge in [0.1, 0.15) is 5.75 Å². The first-order valence-corrected chi connectivity index (χ1v) is 7.89. The summed E-state index contributed by atoms with van der Waals surface area (Å²) in [6.07, 6.45) is -0.0400. The van der Waals surface area contributed by atoms with Crippen LogP contribution in [0.4, 0.5) is 11.4 Å².